The van der Waals surface area contributed by atoms with E-state index in [2.05, 4.69) is 107 Å². The summed E-state index contributed by atoms with van der Waals surface area (Å²) in [5.74, 6) is -0.124. The molecule has 64 heavy (non-hydrogen) atoms. The second kappa shape index (κ2) is 14.9. The number of hydrogen-bond donors (Lipinski definition) is 1. The Morgan fingerprint density at radius 1 is 0.656 bits per heavy atom. The molecule has 1 amide bonds. The molecule has 2 fully saturated rings. The minimum absolute atomic E-state index is 0.0693. The van der Waals surface area contributed by atoms with Crippen LogP contribution in [0.3, 0.4) is 0 Å². The van der Waals surface area contributed by atoms with E-state index in [-0.39, 0.29) is 34.0 Å². The van der Waals surface area contributed by atoms with E-state index in [0.717, 1.165) is 66.1 Å². The lowest BCUT2D eigenvalue weighted by atomic mass is 9.54. The van der Waals surface area contributed by atoms with Crippen LogP contribution >= 0.6 is 0 Å². The molecule has 2 saturated heterocycles. The SMILES string of the molecule is Cc1ccc(S(=O)(=O)N(C)/C=C/[C@@]2(c3cccc4c3N[C@H]3N(C)CC[C@@]43[C@@]34CCN(C)[C@@H]3N(Cc3ccccc3)c3ccccc34)C(=O)N(Cc3ccccc3)c3ccccc32)cc1. The first-order valence-corrected chi connectivity index (χ1v) is 23.9. The van der Waals surface area contributed by atoms with E-state index in [1.807, 2.05) is 84.6 Å². The van der Waals surface area contributed by atoms with Crippen molar-refractivity contribution in [2.75, 3.05) is 49.3 Å². The molecule has 5 heterocycles. The fourth-order valence-electron chi connectivity index (χ4n) is 12.5. The van der Waals surface area contributed by atoms with Crippen LogP contribution in [0.15, 0.2) is 169 Å². The van der Waals surface area contributed by atoms with Gasteiger partial charge in [0.15, 0.2) is 0 Å². The van der Waals surface area contributed by atoms with E-state index < -0.39 is 15.4 Å². The van der Waals surface area contributed by atoms with Gasteiger partial charge in [-0.1, -0.05) is 133 Å². The number of hydrogen-bond acceptors (Lipinski definition) is 7. The molecule has 0 bridgehead atoms. The number of carbonyl (C=O) groups is 1. The standard InChI is InChI=1S/C54H54N6O3S/c1-38-26-28-41(29-27-38)64(62,63)58(4)35-30-52(42-20-11-13-24-46(42)60(51(52)61)37-40-18-9-6-10-19-40)44-22-15-23-45-48(44)55-49-53(45,31-33-56(49)2)54-32-34-57(3)50(54)59(36-39-16-7-5-8-17-39)47-25-14-12-21-43(47)54/h5-30,35,49-50,55H,31-34,36-37H2,1-4H3/b35-30+/t49-,50+,52+,53+,54+/m0/s1. The van der Waals surface area contributed by atoms with Gasteiger partial charge in [0.25, 0.3) is 10.0 Å². The molecule has 6 aromatic carbocycles. The van der Waals surface area contributed by atoms with Crippen molar-refractivity contribution in [3.8, 4) is 0 Å². The summed E-state index contributed by atoms with van der Waals surface area (Å²) in [5, 5.41) is 4.17. The molecule has 0 saturated carbocycles. The zero-order chi connectivity index (χ0) is 44.0. The quantitative estimate of drug-likeness (QED) is 0.148. The topological polar surface area (TPSA) is 79.4 Å². The van der Waals surface area contributed by atoms with Gasteiger partial charge in [-0.15, -0.1) is 0 Å². The molecule has 9 nitrogen and oxygen atoms in total. The highest BCUT2D eigenvalue weighted by atomic mass is 32.2. The van der Waals surface area contributed by atoms with Crippen LogP contribution in [0.5, 0.6) is 0 Å². The number of rotatable bonds is 10. The lowest BCUT2D eigenvalue weighted by molar-refractivity contribution is -0.120. The third-order valence-electron chi connectivity index (χ3n) is 15.3. The summed E-state index contributed by atoms with van der Waals surface area (Å²) in [4.78, 5) is 25.7. The lowest BCUT2D eigenvalue weighted by Crippen LogP contribution is -2.61. The molecule has 0 radical (unpaired) electrons. The molecule has 5 atom stereocenters. The fraction of sp³-hybridized carbons (Fsp3) is 0.278. The summed E-state index contributed by atoms with van der Waals surface area (Å²) in [6.45, 7) is 4.97. The van der Waals surface area contributed by atoms with Crippen LogP contribution in [-0.4, -0.2) is 75.0 Å². The Bertz CT molecular complexity index is 2930. The van der Waals surface area contributed by atoms with Gasteiger partial charge in [-0.3, -0.25) is 18.9 Å². The van der Waals surface area contributed by atoms with Gasteiger partial charge >= 0.3 is 0 Å². The van der Waals surface area contributed by atoms with Crippen molar-refractivity contribution in [3.05, 3.63) is 203 Å². The Hall–Kier alpha value is -6.20. The first-order chi connectivity index (χ1) is 31.0. The minimum atomic E-state index is -3.95. The molecule has 0 unspecified atom stereocenters. The zero-order valence-corrected chi connectivity index (χ0v) is 37.7. The fourth-order valence-corrected chi connectivity index (χ4v) is 13.5. The Morgan fingerprint density at radius 3 is 1.95 bits per heavy atom. The van der Waals surface area contributed by atoms with E-state index in [9.17, 15) is 8.42 Å². The molecule has 11 rings (SSSR count). The number of likely N-dealkylation sites (tertiary alicyclic amines) is 2. The molecule has 5 aliphatic heterocycles. The Labute approximate surface area is 377 Å². The van der Waals surface area contributed by atoms with Crippen molar-refractivity contribution in [1.29, 1.82) is 0 Å². The summed E-state index contributed by atoms with van der Waals surface area (Å²) in [6.07, 6.45) is 5.37. The number of nitrogens with one attached hydrogen (secondary N) is 1. The average molecular weight is 867 g/mol. The van der Waals surface area contributed by atoms with Crippen LogP contribution in [0, 0.1) is 6.92 Å². The first kappa shape index (κ1) is 40.6. The number of benzene rings is 6. The highest BCUT2D eigenvalue weighted by Gasteiger charge is 2.73. The number of aryl methyl sites for hydroxylation is 1. The van der Waals surface area contributed by atoms with Gasteiger partial charge in [0.1, 0.15) is 5.41 Å². The summed E-state index contributed by atoms with van der Waals surface area (Å²) in [6, 6.07) is 51.4. The van der Waals surface area contributed by atoms with Gasteiger partial charge < -0.3 is 15.1 Å². The maximum atomic E-state index is 16.0. The molecule has 1 N–H and O–H groups in total. The Morgan fingerprint density at radius 2 is 1.23 bits per heavy atom. The van der Waals surface area contributed by atoms with Crippen molar-refractivity contribution < 1.29 is 13.2 Å². The number of likely N-dealkylation sites (N-methyl/N-ethyl adjacent to an activating group) is 2. The molecule has 0 spiro atoms. The number of anilines is 3. The van der Waals surface area contributed by atoms with Gasteiger partial charge in [0.2, 0.25) is 5.91 Å². The summed E-state index contributed by atoms with van der Waals surface area (Å²) >= 11 is 0. The average Bonchev–Trinajstić information content (AvgIpc) is 4.08. The van der Waals surface area contributed by atoms with Gasteiger partial charge in [0.05, 0.1) is 23.8 Å². The molecule has 324 valence electrons. The maximum absolute atomic E-state index is 16.0. The smallest absolute Gasteiger partial charge is 0.263 e. The highest BCUT2D eigenvalue weighted by Crippen LogP contribution is 2.68. The lowest BCUT2D eigenvalue weighted by Gasteiger charge is -2.49. The van der Waals surface area contributed by atoms with E-state index in [4.69, 9.17) is 0 Å². The Kier molecular flexibility index (Phi) is 9.47. The van der Waals surface area contributed by atoms with Crippen LogP contribution in [0.1, 0.15) is 51.8 Å². The predicted molar refractivity (Wildman–Crippen MR) is 255 cm³/mol. The second-order valence-electron chi connectivity index (χ2n) is 18.5. The molecular weight excluding hydrogens is 813 g/mol. The normalized spacial score (nSPS) is 25.9. The number of carbonyl (C=O) groups excluding carboxylic acids is 1. The van der Waals surface area contributed by atoms with Gasteiger partial charge in [0, 0.05) is 60.8 Å². The minimum Gasteiger partial charge on any atom is -0.368 e. The molecule has 10 heteroatoms. The summed E-state index contributed by atoms with van der Waals surface area (Å²) in [5.41, 5.74) is 8.48. The highest BCUT2D eigenvalue weighted by molar-refractivity contribution is 7.89. The number of nitrogens with zero attached hydrogens (tertiary/aromatic N) is 5. The molecular formula is C54H54N6O3S. The molecule has 6 aromatic rings. The van der Waals surface area contributed by atoms with Crippen LogP contribution in [0.25, 0.3) is 0 Å². The van der Waals surface area contributed by atoms with Crippen molar-refractivity contribution in [3.63, 3.8) is 0 Å². The van der Waals surface area contributed by atoms with Crippen LogP contribution in [0.4, 0.5) is 17.1 Å². The van der Waals surface area contributed by atoms with Crippen LogP contribution in [0.2, 0.25) is 0 Å². The number of amides is 1. The first-order valence-electron chi connectivity index (χ1n) is 22.4. The van der Waals surface area contributed by atoms with Crippen LogP contribution < -0.4 is 15.1 Å². The third kappa shape index (κ3) is 5.61. The molecule has 5 aliphatic rings. The van der Waals surface area contributed by atoms with Gasteiger partial charge in [-0.25, -0.2) is 8.42 Å². The maximum Gasteiger partial charge on any atom is 0.263 e. The predicted octanol–water partition coefficient (Wildman–Crippen LogP) is 8.61. The van der Waals surface area contributed by atoms with Crippen LogP contribution in [-0.2, 0) is 44.2 Å². The van der Waals surface area contributed by atoms with Crippen molar-refractivity contribution >= 4 is 33.0 Å². The largest absolute Gasteiger partial charge is 0.368 e. The van der Waals surface area contributed by atoms with Crippen molar-refractivity contribution in [1.82, 2.24) is 14.1 Å². The molecule has 0 aromatic heterocycles. The van der Waals surface area contributed by atoms with E-state index >= 15 is 4.79 Å². The number of fused-ring (bicyclic) bond motifs is 8. The van der Waals surface area contributed by atoms with E-state index in [1.165, 1.54) is 26.7 Å². The third-order valence-corrected chi connectivity index (χ3v) is 17.1. The molecule has 0 aliphatic carbocycles. The van der Waals surface area contributed by atoms with Gasteiger partial charge in [-0.2, -0.15) is 0 Å². The number of para-hydroxylation sites is 3. The van der Waals surface area contributed by atoms with Crippen molar-refractivity contribution in [2.45, 2.75) is 66.3 Å². The summed E-state index contributed by atoms with van der Waals surface area (Å²) in [7, 11) is 2.13. The van der Waals surface area contributed by atoms with Gasteiger partial charge in [-0.05, 0) is 97.6 Å². The monoisotopic (exact) mass is 866 g/mol. The van der Waals surface area contributed by atoms with E-state index in [1.54, 1.807) is 25.4 Å². The second-order valence-corrected chi connectivity index (χ2v) is 20.5. The number of sulfonamides is 1. The zero-order valence-electron chi connectivity index (χ0n) is 36.9. The summed E-state index contributed by atoms with van der Waals surface area (Å²) < 4.78 is 29.6. The van der Waals surface area contributed by atoms with Crippen molar-refractivity contribution in [2.24, 2.45) is 0 Å². The Balaban J connectivity index is 1.12. The van der Waals surface area contributed by atoms with E-state index in [0.29, 0.717) is 6.54 Å².